The molecule has 19 heavy (non-hydrogen) atoms. The van der Waals surface area contributed by atoms with Crippen LogP contribution >= 0.6 is 11.6 Å². The quantitative estimate of drug-likeness (QED) is 0.937. The molecule has 0 fully saturated rings. The second-order valence-electron chi connectivity index (χ2n) is 4.31. The van der Waals surface area contributed by atoms with Crippen LogP contribution in [-0.2, 0) is 10.0 Å². The lowest BCUT2D eigenvalue weighted by Crippen LogP contribution is -2.14. The van der Waals surface area contributed by atoms with Crippen molar-refractivity contribution < 1.29 is 8.42 Å². The van der Waals surface area contributed by atoms with E-state index in [4.69, 9.17) is 11.6 Å². The summed E-state index contributed by atoms with van der Waals surface area (Å²) in [6.45, 7) is 3.82. The minimum absolute atomic E-state index is 0.154. The Hall–Kier alpha value is -1.52. The molecule has 0 aliphatic heterocycles. The maximum atomic E-state index is 12.2. The molecule has 2 rings (SSSR count). The van der Waals surface area contributed by atoms with Gasteiger partial charge in [-0.25, -0.2) is 8.42 Å². The first-order chi connectivity index (χ1) is 8.90. The summed E-state index contributed by atoms with van der Waals surface area (Å²) in [6.07, 6.45) is 0. The zero-order chi connectivity index (χ0) is 14.0. The fourth-order valence-corrected chi connectivity index (χ4v) is 3.12. The van der Waals surface area contributed by atoms with E-state index >= 15 is 0 Å². The van der Waals surface area contributed by atoms with Crippen molar-refractivity contribution in [1.82, 2.24) is 0 Å². The van der Waals surface area contributed by atoms with Crippen molar-refractivity contribution in [3.8, 4) is 0 Å². The molecule has 0 aliphatic rings. The van der Waals surface area contributed by atoms with E-state index in [1.807, 2.05) is 26.0 Å². The highest BCUT2D eigenvalue weighted by atomic mass is 35.5. The molecule has 0 spiro atoms. The van der Waals surface area contributed by atoms with Crippen LogP contribution in [-0.4, -0.2) is 8.42 Å². The van der Waals surface area contributed by atoms with E-state index < -0.39 is 10.0 Å². The van der Waals surface area contributed by atoms with Gasteiger partial charge in [-0.1, -0.05) is 29.8 Å². The number of hydrogen-bond acceptors (Lipinski definition) is 2. The first-order valence-corrected chi connectivity index (χ1v) is 7.61. The lowest BCUT2D eigenvalue weighted by Gasteiger charge is -2.12. The lowest BCUT2D eigenvalue weighted by molar-refractivity contribution is 0.601. The molecular weight excluding hydrogens is 282 g/mol. The van der Waals surface area contributed by atoms with Crippen LogP contribution in [0.3, 0.4) is 0 Å². The average Bonchev–Trinajstić information content (AvgIpc) is 2.35. The second-order valence-corrected chi connectivity index (χ2v) is 6.43. The standard InChI is InChI=1S/C14H14ClNO2S/c1-10-5-3-8-14(11(10)2)16-19(17,18)13-7-4-6-12(15)9-13/h3-9,16H,1-2H3. The van der Waals surface area contributed by atoms with Gasteiger partial charge >= 0.3 is 0 Å². The third kappa shape index (κ3) is 3.08. The largest absolute Gasteiger partial charge is 0.279 e. The highest BCUT2D eigenvalue weighted by Crippen LogP contribution is 2.23. The molecule has 0 amide bonds. The Kier molecular flexibility index (Phi) is 3.83. The van der Waals surface area contributed by atoms with Crippen LogP contribution in [0.15, 0.2) is 47.4 Å². The summed E-state index contributed by atoms with van der Waals surface area (Å²) >= 11 is 5.82. The molecule has 100 valence electrons. The molecular formula is C14H14ClNO2S. The number of halogens is 1. The summed E-state index contributed by atoms with van der Waals surface area (Å²) < 4.78 is 27.1. The van der Waals surface area contributed by atoms with Crippen molar-refractivity contribution in [1.29, 1.82) is 0 Å². The third-order valence-corrected chi connectivity index (χ3v) is 4.55. The van der Waals surface area contributed by atoms with Gasteiger partial charge in [0, 0.05) is 5.02 Å². The van der Waals surface area contributed by atoms with Crippen LogP contribution < -0.4 is 4.72 Å². The van der Waals surface area contributed by atoms with Crippen molar-refractivity contribution in [2.75, 3.05) is 4.72 Å². The minimum atomic E-state index is -3.61. The Labute approximate surface area is 118 Å². The van der Waals surface area contributed by atoms with E-state index in [-0.39, 0.29) is 4.90 Å². The summed E-state index contributed by atoms with van der Waals surface area (Å²) in [5.74, 6) is 0. The Morgan fingerprint density at radius 3 is 2.42 bits per heavy atom. The van der Waals surface area contributed by atoms with Crippen LogP contribution in [0.2, 0.25) is 5.02 Å². The van der Waals surface area contributed by atoms with Crippen molar-refractivity contribution in [2.45, 2.75) is 18.7 Å². The van der Waals surface area contributed by atoms with Crippen molar-refractivity contribution in [3.63, 3.8) is 0 Å². The Bertz CT molecular complexity index is 711. The molecule has 0 saturated heterocycles. The van der Waals surface area contributed by atoms with E-state index in [2.05, 4.69) is 4.72 Å². The molecule has 0 heterocycles. The fourth-order valence-electron chi connectivity index (χ4n) is 1.70. The van der Waals surface area contributed by atoms with E-state index in [1.54, 1.807) is 18.2 Å². The molecule has 5 heteroatoms. The third-order valence-electron chi connectivity index (χ3n) is 2.96. The topological polar surface area (TPSA) is 46.2 Å². The van der Waals surface area contributed by atoms with Crippen LogP contribution in [0.5, 0.6) is 0 Å². The van der Waals surface area contributed by atoms with Gasteiger partial charge in [0.15, 0.2) is 0 Å². The smallest absolute Gasteiger partial charge is 0.261 e. The first-order valence-electron chi connectivity index (χ1n) is 5.75. The number of hydrogen-bond donors (Lipinski definition) is 1. The second kappa shape index (κ2) is 5.23. The molecule has 2 aromatic rings. The van der Waals surface area contributed by atoms with Gasteiger partial charge in [0.1, 0.15) is 0 Å². The molecule has 0 saturated carbocycles. The predicted octanol–water partition coefficient (Wildman–Crippen LogP) is 3.76. The summed E-state index contributed by atoms with van der Waals surface area (Å²) in [5, 5.41) is 0.392. The number of anilines is 1. The van der Waals surface area contributed by atoms with Crippen LogP contribution in [0.1, 0.15) is 11.1 Å². The normalized spacial score (nSPS) is 11.3. The highest BCUT2D eigenvalue weighted by Gasteiger charge is 2.15. The summed E-state index contributed by atoms with van der Waals surface area (Å²) in [5.41, 5.74) is 2.53. The molecule has 1 N–H and O–H groups in total. The number of aryl methyl sites for hydroxylation is 1. The van der Waals surface area contributed by atoms with Crippen molar-refractivity contribution in [3.05, 3.63) is 58.6 Å². The van der Waals surface area contributed by atoms with Crippen LogP contribution in [0, 0.1) is 13.8 Å². The Balaban J connectivity index is 2.39. The number of sulfonamides is 1. The highest BCUT2D eigenvalue weighted by molar-refractivity contribution is 7.92. The molecule has 0 unspecified atom stereocenters. The number of benzene rings is 2. The monoisotopic (exact) mass is 295 g/mol. The van der Waals surface area contributed by atoms with E-state index in [0.29, 0.717) is 10.7 Å². The van der Waals surface area contributed by atoms with Gasteiger partial charge in [0.05, 0.1) is 10.6 Å². The maximum absolute atomic E-state index is 12.2. The van der Waals surface area contributed by atoms with Gasteiger partial charge in [0.25, 0.3) is 10.0 Å². The molecule has 0 atom stereocenters. The molecule has 3 nitrogen and oxygen atoms in total. The lowest BCUT2D eigenvalue weighted by atomic mass is 10.1. The molecule has 2 aromatic carbocycles. The van der Waals surface area contributed by atoms with Gasteiger partial charge in [-0.05, 0) is 49.2 Å². The number of nitrogens with one attached hydrogen (secondary N) is 1. The zero-order valence-electron chi connectivity index (χ0n) is 10.6. The zero-order valence-corrected chi connectivity index (χ0v) is 12.2. The Morgan fingerprint density at radius 1 is 1.05 bits per heavy atom. The van der Waals surface area contributed by atoms with E-state index in [9.17, 15) is 8.42 Å². The van der Waals surface area contributed by atoms with Gasteiger partial charge in [-0.2, -0.15) is 0 Å². The SMILES string of the molecule is Cc1cccc(NS(=O)(=O)c2cccc(Cl)c2)c1C. The molecule has 0 radical (unpaired) electrons. The summed E-state index contributed by atoms with van der Waals surface area (Å²) in [7, 11) is -3.61. The van der Waals surface area contributed by atoms with Gasteiger partial charge in [-0.15, -0.1) is 0 Å². The van der Waals surface area contributed by atoms with Crippen LogP contribution in [0.4, 0.5) is 5.69 Å². The minimum Gasteiger partial charge on any atom is -0.279 e. The molecule has 0 aromatic heterocycles. The van der Waals surface area contributed by atoms with Crippen molar-refractivity contribution >= 4 is 27.3 Å². The Morgan fingerprint density at radius 2 is 1.74 bits per heavy atom. The maximum Gasteiger partial charge on any atom is 0.261 e. The van der Waals surface area contributed by atoms with Gasteiger partial charge < -0.3 is 0 Å². The predicted molar refractivity (Wildman–Crippen MR) is 78.2 cm³/mol. The molecule has 0 bridgehead atoms. The van der Waals surface area contributed by atoms with E-state index in [0.717, 1.165) is 11.1 Å². The van der Waals surface area contributed by atoms with Crippen molar-refractivity contribution in [2.24, 2.45) is 0 Å². The number of rotatable bonds is 3. The summed E-state index contributed by atoms with van der Waals surface area (Å²) in [6, 6.07) is 11.7. The summed E-state index contributed by atoms with van der Waals surface area (Å²) in [4.78, 5) is 0.154. The van der Waals surface area contributed by atoms with E-state index in [1.165, 1.54) is 12.1 Å². The fraction of sp³-hybridized carbons (Fsp3) is 0.143. The van der Waals surface area contributed by atoms with Gasteiger partial charge in [-0.3, -0.25) is 4.72 Å². The molecule has 0 aliphatic carbocycles. The average molecular weight is 296 g/mol. The van der Waals surface area contributed by atoms with Crippen LogP contribution in [0.25, 0.3) is 0 Å². The first kappa shape index (κ1) is 13.9. The van der Waals surface area contributed by atoms with Gasteiger partial charge in [0.2, 0.25) is 0 Å².